The molecule has 0 aliphatic heterocycles. The topological polar surface area (TPSA) is 68.7 Å². The number of carbonyl (C=O) groups is 1. The second-order valence-electron chi connectivity index (χ2n) is 5.39. The maximum Gasteiger partial charge on any atom is 0.309 e. The zero-order valence-electron chi connectivity index (χ0n) is 13.7. The van der Waals surface area contributed by atoms with Crippen LogP contribution in [0.25, 0.3) is 10.6 Å². The van der Waals surface area contributed by atoms with E-state index in [1.165, 1.54) is 11.3 Å². The Morgan fingerprint density at radius 1 is 1.08 bits per heavy atom. The Kier molecular flexibility index (Phi) is 6.09. The molecule has 0 aliphatic carbocycles. The summed E-state index contributed by atoms with van der Waals surface area (Å²) in [7, 11) is 0. The largest absolute Gasteiger partial charge is 0.490 e. The van der Waals surface area contributed by atoms with Gasteiger partial charge in [0.15, 0.2) is 0 Å². The standard InChI is InChI=1S/C19H16ClNO4S/c20-14-4-6-16(7-5-14)24-8-9-25-17-3-1-2-13(10-17)19-21-15(12-26-19)11-18(22)23/h1-7,10,12H,8-9,11H2,(H,22,23). The summed E-state index contributed by atoms with van der Waals surface area (Å²) < 4.78 is 11.3. The van der Waals surface area contributed by atoms with Gasteiger partial charge in [-0.15, -0.1) is 11.3 Å². The first-order valence-electron chi connectivity index (χ1n) is 7.88. The molecule has 0 radical (unpaired) electrons. The van der Waals surface area contributed by atoms with Crippen molar-refractivity contribution in [2.24, 2.45) is 0 Å². The van der Waals surface area contributed by atoms with Crippen molar-refractivity contribution in [2.45, 2.75) is 6.42 Å². The van der Waals surface area contributed by atoms with Crippen molar-refractivity contribution < 1.29 is 19.4 Å². The van der Waals surface area contributed by atoms with E-state index in [1.807, 2.05) is 24.3 Å². The van der Waals surface area contributed by atoms with Gasteiger partial charge in [0.05, 0.1) is 12.1 Å². The molecule has 0 fully saturated rings. The fourth-order valence-corrected chi connectivity index (χ4v) is 3.19. The SMILES string of the molecule is O=C(O)Cc1csc(-c2cccc(OCCOc3ccc(Cl)cc3)c2)n1. The average Bonchev–Trinajstić information content (AvgIpc) is 3.08. The average molecular weight is 390 g/mol. The number of halogens is 1. The molecule has 3 rings (SSSR count). The third kappa shape index (κ3) is 5.21. The highest BCUT2D eigenvalue weighted by Crippen LogP contribution is 2.27. The van der Waals surface area contributed by atoms with Crippen LogP contribution in [0, 0.1) is 0 Å². The van der Waals surface area contributed by atoms with E-state index in [9.17, 15) is 4.79 Å². The Labute approximate surface area is 159 Å². The summed E-state index contributed by atoms with van der Waals surface area (Å²) >= 11 is 7.25. The number of rotatable bonds is 8. The van der Waals surface area contributed by atoms with Crippen molar-refractivity contribution in [3.05, 3.63) is 64.6 Å². The number of aliphatic carboxylic acids is 1. The lowest BCUT2D eigenvalue weighted by atomic mass is 10.2. The van der Waals surface area contributed by atoms with Crippen LogP contribution >= 0.6 is 22.9 Å². The molecule has 2 aromatic carbocycles. The molecule has 1 N–H and O–H groups in total. The maximum absolute atomic E-state index is 10.8. The molecule has 3 aromatic rings. The van der Waals surface area contributed by atoms with E-state index in [0.717, 1.165) is 16.3 Å². The first-order valence-corrected chi connectivity index (χ1v) is 9.14. The lowest BCUT2D eigenvalue weighted by molar-refractivity contribution is -0.136. The lowest BCUT2D eigenvalue weighted by Crippen LogP contribution is -2.08. The minimum absolute atomic E-state index is 0.0747. The monoisotopic (exact) mass is 389 g/mol. The number of benzene rings is 2. The van der Waals surface area contributed by atoms with Crippen molar-refractivity contribution in [1.82, 2.24) is 4.98 Å². The lowest BCUT2D eigenvalue weighted by Gasteiger charge is -2.09. The van der Waals surface area contributed by atoms with Gasteiger partial charge in [0, 0.05) is 16.0 Å². The van der Waals surface area contributed by atoms with Crippen molar-refractivity contribution in [1.29, 1.82) is 0 Å². The van der Waals surface area contributed by atoms with E-state index < -0.39 is 5.97 Å². The minimum Gasteiger partial charge on any atom is -0.490 e. The summed E-state index contributed by atoms with van der Waals surface area (Å²) in [6, 6.07) is 14.7. The second-order valence-corrected chi connectivity index (χ2v) is 6.69. The van der Waals surface area contributed by atoms with Crippen LogP contribution in [0.2, 0.25) is 5.02 Å². The molecule has 0 aliphatic rings. The molecule has 0 spiro atoms. The Bertz CT molecular complexity index is 879. The zero-order chi connectivity index (χ0) is 18.4. The highest BCUT2D eigenvalue weighted by molar-refractivity contribution is 7.13. The number of ether oxygens (including phenoxy) is 2. The fraction of sp³-hybridized carbons (Fsp3) is 0.158. The van der Waals surface area contributed by atoms with Gasteiger partial charge < -0.3 is 14.6 Å². The minimum atomic E-state index is -0.889. The summed E-state index contributed by atoms with van der Waals surface area (Å²) in [5.41, 5.74) is 1.45. The highest BCUT2D eigenvalue weighted by Gasteiger charge is 2.08. The summed E-state index contributed by atoms with van der Waals surface area (Å²) in [5.74, 6) is 0.553. The van der Waals surface area contributed by atoms with Gasteiger partial charge in [-0.3, -0.25) is 4.79 Å². The van der Waals surface area contributed by atoms with Crippen LogP contribution in [0.5, 0.6) is 11.5 Å². The molecule has 26 heavy (non-hydrogen) atoms. The smallest absolute Gasteiger partial charge is 0.309 e. The molecule has 0 saturated heterocycles. The molecule has 1 heterocycles. The fourth-order valence-electron chi connectivity index (χ4n) is 2.24. The first-order chi connectivity index (χ1) is 12.6. The molecule has 0 bridgehead atoms. The summed E-state index contributed by atoms with van der Waals surface area (Å²) in [6.07, 6.45) is -0.0747. The molecule has 0 unspecified atom stereocenters. The van der Waals surface area contributed by atoms with E-state index in [-0.39, 0.29) is 6.42 Å². The van der Waals surface area contributed by atoms with Gasteiger partial charge in [-0.1, -0.05) is 23.7 Å². The van der Waals surface area contributed by atoms with Crippen LogP contribution in [0.15, 0.2) is 53.9 Å². The van der Waals surface area contributed by atoms with E-state index in [0.29, 0.717) is 29.7 Å². The third-order valence-electron chi connectivity index (χ3n) is 3.40. The van der Waals surface area contributed by atoms with Gasteiger partial charge in [0.1, 0.15) is 29.7 Å². The quantitative estimate of drug-likeness (QED) is 0.572. The van der Waals surface area contributed by atoms with Crippen molar-refractivity contribution in [2.75, 3.05) is 13.2 Å². The summed E-state index contributed by atoms with van der Waals surface area (Å²) in [6.45, 7) is 0.806. The molecule has 5 nitrogen and oxygen atoms in total. The normalized spacial score (nSPS) is 10.5. The molecule has 0 amide bonds. The Hall–Kier alpha value is -2.57. The van der Waals surface area contributed by atoms with Crippen molar-refractivity contribution >= 4 is 28.9 Å². The highest BCUT2D eigenvalue weighted by atomic mass is 35.5. The molecule has 1 aromatic heterocycles. The van der Waals surface area contributed by atoms with Crippen LogP contribution < -0.4 is 9.47 Å². The van der Waals surface area contributed by atoms with Gasteiger partial charge in [-0.05, 0) is 36.4 Å². The van der Waals surface area contributed by atoms with E-state index >= 15 is 0 Å². The van der Waals surface area contributed by atoms with Crippen LogP contribution in [0.4, 0.5) is 0 Å². The van der Waals surface area contributed by atoms with Gasteiger partial charge >= 0.3 is 5.97 Å². The molecule has 0 atom stereocenters. The molecule has 0 saturated carbocycles. The van der Waals surface area contributed by atoms with Crippen LogP contribution in [-0.4, -0.2) is 29.3 Å². The predicted molar refractivity (Wildman–Crippen MR) is 101 cm³/mol. The number of carboxylic acids is 1. The zero-order valence-corrected chi connectivity index (χ0v) is 15.3. The Morgan fingerprint density at radius 2 is 1.81 bits per heavy atom. The van der Waals surface area contributed by atoms with E-state index in [1.54, 1.807) is 29.6 Å². The third-order valence-corrected chi connectivity index (χ3v) is 4.59. The van der Waals surface area contributed by atoms with Gasteiger partial charge in [0.2, 0.25) is 0 Å². The number of carboxylic acid groups (broad SMARTS) is 1. The Morgan fingerprint density at radius 3 is 2.54 bits per heavy atom. The maximum atomic E-state index is 10.8. The number of hydrogen-bond acceptors (Lipinski definition) is 5. The van der Waals surface area contributed by atoms with E-state index in [4.69, 9.17) is 26.2 Å². The van der Waals surface area contributed by atoms with Crippen LogP contribution in [-0.2, 0) is 11.2 Å². The van der Waals surface area contributed by atoms with Gasteiger partial charge in [0.25, 0.3) is 0 Å². The van der Waals surface area contributed by atoms with Crippen LogP contribution in [0.1, 0.15) is 5.69 Å². The van der Waals surface area contributed by atoms with Crippen molar-refractivity contribution in [3.63, 3.8) is 0 Å². The van der Waals surface area contributed by atoms with Gasteiger partial charge in [-0.2, -0.15) is 0 Å². The number of hydrogen-bond donors (Lipinski definition) is 1. The molecular formula is C19H16ClNO4S. The van der Waals surface area contributed by atoms with Gasteiger partial charge in [-0.25, -0.2) is 4.98 Å². The second kappa shape index (κ2) is 8.69. The summed E-state index contributed by atoms with van der Waals surface area (Å²) in [4.78, 5) is 15.1. The molecular weight excluding hydrogens is 374 g/mol. The number of aromatic nitrogens is 1. The number of nitrogens with zero attached hydrogens (tertiary/aromatic N) is 1. The van der Waals surface area contributed by atoms with Crippen LogP contribution in [0.3, 0.4) is 0 Å². The van der Waals surface area contributed by atoms with E-state index in [2.05, 4.69) is 4.98 Å². The summed E-state index contributed by atoms with van der Waals surface area (Å²) in [5, 5.41) is 12.0. The number of thiazole rings is 1. The molecule has 7 heteroatoms. The predicted octanol–water partition coefficient (Wildman–Crippen LogP) is 4.55. The van der Waals surface area contributed by atoms with Crippen molar-refractivity contribution in [3.8, 4) is 22.1 Å². The Balaban J connectivity index is 1.54. The first kappa shape index (κ1) is 18.2. The molecule has 134 valence electrons.